The molecule has 1 amide bonds. The highest BCUT2D eigenvalue weighted by Gasteiger charge is 2.36. The van der Waals surface area contributed by atoms with E-state index in [1.54, 1.807) is 31.2 Å². The van der Waals surface area contributed by atoms with Crippen molar-refractivity contribution in [2.75, 3.05) is 10.7 Å². The van der Waals surface area contributed by atoms with E-state index in [2.05, 4.69) is 29.0 Å². The smallest absolute Gasteiger partial charge is 0.416 e. The van der Waals surface area contributed by atoms with Crippen molar-refractivity contribution in [3.8, 4) is 17.1 Å². The molecule has 4 rings (SSSR count). The molecule has 0 aliphatic carbocycles. The molecule has 1 aliphatic heterocycles. The monoisotopic (exact) mass is 488 g/mol. The summed E-state index contributed by atoms with van der Waals surface area (Å²) < 4.78 is 45.6. The van der Waals surface area contributed by atoms with Gasteiger partial charge in [0.15, 0.2) is 5.69 Å². The maximum Gasteiger partial charge on any atom is 0.416 e. The predicted octanol–water partition coefficient (Wildman–Crippen LogP) is 6.14. The third-order valence-corrected chi connectivity index (χ3v) is 6.42. The summed E-state index contributed by atoms with van der Waals surface area (Å²) in [6, 6.07) is 11.7. The molecule has 0 radical (unpaired) electrons. The minimum Gasteiger partial charge on any atom is -0.447 e. The molecule has 1 atom stereocenters. The quantitative estimate of drug-likeness (QED) is 0.402. The van der Waals surface area contributed by atoms with Gasteiger partial charge in [-0.15, -0.1) is 10.2 Å². The number of alkyl halides is 3. The number of para-hydroxylation sites is 1. The topological polar surface area (TPSA) is 68.2 Å². The zero-order valence-corrected chi connectivity index (χ0v) is 19.7. The molecule has 6 nitrogen and oxygen atoms in total. The Bertz CT molecular complexity index is 1190. The Morgan fingerprint density at radius 3 is 2.47 bits per heavy atom. The van der Waals surface area contributed by atoms with Gasteiger partial charge in [0.1, 0.15) is 0 Å². The first-order valence-corrected chi connectivity index (χ1v) is 11.8. The van der Waals surface area contributed by atoms with Gasteiger partial charge < -0.3 is 4.74 Å². The molecule has 1 unspecified atom stereocenters. The van der Waals surface area contributed by atoms with Crippen molar-refractivity contribution in [1.82, 2.24) is 15.2 Å². The Balaban J connectivity index is 1.85. The standard InChI is InChI=1S/C24H23F3N4O2S/c1-4-19(32)31-18-8-6-5-7-17(18)20-21(28-23(30-29-20)34-13-14(2)3)33-22(31)15-9-11-16(12-10-15)24(25,26)27/h5-12,14,22H,4,13H2,1-3H3. The molecule has 0 spiro atoms. The number of carbonyl (C=O) groups is 1. The Morgan fingerprint density at radius 2 is 1.82 bits per heavy atom. The number of amides is 1. The molecule has 0 fully saturated rings. The lowest BCUT2D eigenvalue weighted by molar-refractivity contribution is -0.137. The van der Waals surface area contributed by atoms with Crippen LogP contribution in [0.5, 0.6) is 5.88 Å². The zero-order valence-electron chi connectivity index (χ0n) is 18.8. The summed E-state index contributed by atoms with van der Waals surface area (Å²) in [5, 5.41) is 8.99. The van der Waals surface area contributed by atoms with E-state index < -0.39 is 18.0 Å². The fourth-order valence-corrected chi connectivity index (χ4v) is 4.24. The largest absolute Gasteiger partial charge is 0.447 e. The Kier molecular flexibility index (Phi) is 6.79. The van der Waals surface area contributed by atoms with Gasteiger partial charge in [-0.05, 0) is 24.1 Å². The molecule has 178 valence electrons. The molecule has 2 aromatic carbocycles. The molecule has 0 bridgehead atoms. The Labute approximate surface area is 199 Å². The molecular formula is C24H23F3N4O2S. The lowest BCUT2D eigenvalue weighted by Gasteiger charge is -2.30. The molecule has 3 aromatic rings. The van der Waals surface area contributed by atoms with Gasteiger partial charge in [-0.25, -0.2) is 0 Å². The fourth-order valence-electron chi connectivity index (χ4n) is 3.51. The Morgan fingerprint density at radius 1 is 1.12 bits per heavy atom. The number of anilines is 1. The zero-order chi connectivity index (χ0) is 24.5. The van der Waals surface area contributed by atoms with Crippen LogP contribution in [0.4, 0.5) is 18.9 Å². The number of carbonyl (C=O) groups excluding carboxylic acids is 1. The number of thioether (sulfide) groups is 1. The van der Waals surface area contributed by atoms with Crippen molar-refractivity contribution in [1.29, 1.82) is 0 Å². The second-order valence-electron chi connectivity index (χ2n) is 8.18. The van der Waals surface area contributed by atoms with E-state index in [4.69, 9.17) is 4.74 Å². The number of ether oxygens (including phenoxy) is 1. The summed E-state index contributed by atoms with van der Waals surface area (Å²) in [5.41, 5.74) is 1.10. The van der Waals surface area contributed by atoms with Crippen LogP contribution < -0.4 is 9.64 Å². The van der Waals surface area contributed by atoms with E-state index in [1.807, 2.05) is 0 Å². The molecule has 1 aliphatic rings. The summed E-state index contributed by atoms with van der Waals surface area (Å²) in [7, 11) is 0. The number of hydrogen-bond donors (Lipinski definition) is 0. The van der Waals surface area contributed by atoms with E-state index in [-0.39, 0.29) is 18.2 Å². The van der Waals surface area contributed by atoms with Crippen LogP contribution in [0.1, 0.15) is 44.5 Å². The maximum atomic E-state index is 13.1. The number of fused-ring (bicyclic) bond motifs is 3. The summed E-state index contributed by atoms with van der Waals surface area (Å²) >= 11 is 1.43. The molecular weight excluding hydrogens is 465 g/mol. The van der Waals surface area contributed by atoms with Gasteiger partial charge in [-0.1, -0.05) is 62.9 Å². The van der Waals surface area contributed by atoms with Gasteiger partial charge in [0, 0.05) is 23.3 Å². The van der Waals surface area contributed by atoms with Gasteiger partial charge in [-0.3, -0.25) is 9.69 Å². The molecule has 10 heteroatoms. The summed E-state index contributed by atoms with van der Waals surface area (Å²) in [6.07, 6.45) is -5.34. The van der Waals surface area contributed by atoms with Crippen molar-refractivity contribution in [2.24, 2.45) is 5.92 Å². The van der Waals surface area contributed by atoms with Gasteiger partial charge in [0.25, 0.3) is 0 Å². The van der Waals surface area contributed by atoms with Crippen LogP contribution in [0, 0.1) is 5.92 Å². The van der Waals surface area contributed by atoms with Crippen molar-refractivity contribution in [3.05, 3.63) is 59.7 Å². The molecule has 0 saturated heterocycles. The van der Waals surface area contributed by atoms with Crippen LogP contribution >= 0.6 is 11.8 Å². The van der Waals surface area contributed by atoms with Crippen LogP contribution in [-0.2, 0) is 11.0 Å². The second kappa shape index (κ2) is 9.61. The van der Waals surface area contributed by atoms with Crippen molar-refractivity contribution < 1.29 is 22.7 Å². The highest BCUT2D eigenvalue weighted by atomic mass is 32.2. The van der Waals surface area contributed by atoms with E-state index in [9.17, 15) is 18.0 Å². The van der Waals surface area contributed by atoms with Crippen LogP contribution in [0.2, 0.25) is 0 Å². The number of halogens is 3. The summed E-state index contributed by atoms with van der Waals surface area (Å²) in [6.45, 7) is 5.86. The molecule has 1 aromatic heterocycles. The normalized spacial score (nSPS) is 15.4. The molecule has 0 N–H and O–H groups in total. The van der Waals surface area contributed by atoms with Crippen molar-refractivity contribution in [2.45, 2.75) is 44.8 Å². The lowest BCUT2D eigenvalue weighted by atomic mass is 10.1. The van der Waals surface area contributed by atoms with Crippen LogP contribution in [0.15, 0.2) is 53.7 Å². The average molecular weight is 489 g/mol. The van der Waals surface area contributed by atoms with Crippen LogP contribution in [-0.4, -0.2) is 26.8 Å². The van der Waals surface area contributed by atoms with E-state index in [0.29, 0.717) is 33.6 Å². The highest BCUT2D eigenvalue weighted by Crippen LogP contribution is 2.44. The predicted molar refractivity (Wildman–Crippen MR) is 123 cm³/mol. The summed E-state index contributed by atoms with van der Waals surface area (Å²) in [5.74, 6) is 1.10. The van der Waals surface area contributed by atoms with Crippen molar-refractivity contribution >= 4 is 23.4 Å². The number of benzene rings is 2. The van der Waals surface area contributed by atoms with Gasteiger partial charge in [0.05, 0.1) is 11.3 Å². The molecule has 34 heavy (non-hydrogen) atoms. The second-order valence-corrected chi connectivity index (χ2v) is 9.16. The van der Waals surface area contributed by atoms with E-state index >= 15 is 0 Å². The van der Waals surface area contributed by atoms with Gasteiger partial charge in [0.2, 0.25) is 23.2 Å². The molecule has 0 saturated carbocycles. The third-order valence-electron chi connectivity index (χ3n) is 5.15. The van der Waals surface area contributed by atoms with Crippen LogP contribution in [0.25, 0.3) is 11.3 Å². The molecule has 2 heterocycles. The Hall–Kier alpha value is -3.14. The first kappa shape index (κ1) is 24.0. The average Bonchev–Trinajstić information content (AvgIpc) is 2.96. The number of nitrogens with zero attached hydrogens (tertiary/aromatic N) is 4. The van der Waals surface area contributed by atoms with E-state index in [0.717, 1.165) is 17.9 Å². The lowest BCUT2D eigenvalue weighted by Crippen LogP contribution is -2.37. The van der Waals surface area contributed by atoms with Gasteiger partial charge in [-0.2, -0.15) is 18.2 Å². The van der Waals surface area contributed by atoms with E-state index in [1.165, 1.54) is 28.8 Å². The third kappa shape index (κ3) is 4.86. The minimum absolute atomic E-state index is 0.166. The highest BCUT2D eigenvalue weighted by molar-refractivity contribution is 7.99. The van der Waals surface area contributed by atoms with Crippen molar-refractivity contribution in [3.63, 3.8) is 0 Å². The minimum atomic E-state index is -4.47. The maximum absolute atomic E-state index is 13.1. The number of rotatable bonds is 5. The first-order chi connectivity index (χ1) is 16.2. The SMILES string of the molecule is CCC(=O)N1c2ccccc2-c2nnc(SCC(C)C)nc2OC1c1ccc(C(F)(F)F)cc1. The summed E-state index contributed by atoms with van der Waals surface area (Å²) in [4.78, 5) is 19.1. The number of hydrogen-bond acceptors (Lipinski definition) is 6. The number of aromatic nitrogens is 3. The van der Waals surface area contributed by atoms with Gasteiger partial charge >= 0.3 is 6.18 Å². The van der Waals surface area contributed by atoms with Crippen LogP contribution in [0.3, 0.4) is 0 Å². The first-order valence-electron chi connectivity index (χ1n) is 10.8. The fraction of sp³-hybridized carbons (Fsp3) is 0.333.